The van der Waals surface area contributed by atoms with E-state index < -0.39 is 0 Å². The Hall–Kier alpha value is -2.71. The van der Waals surface area contributed by atoms with E-state index in [9.17, 15) is 4.79 Å². The Morgan fingerprint density at radius 2 is 1.94 bits per heavy atom. The van der Waals surface area contributed by atoms with E-state index in [2.05, 4.69) is 39.6 Å². The van der Waals surface area contributed by atoms with Gasteiger partial charge >= 0.3 is 0 Å². The number of hydrogen-bond donors (Lipinski definition) is 2. The number of ether oxygens (including phenoxy) is 3. The van der Waals surface area contributed by atoms with Crippen LogP contribution in [0.2, 0.25) is 0 Å². The molecule has 32 heavy (non-hydrogen) atoms. The molecule has 1 unspecified atom stereocenters. The largest absolute Gasteiger partial charge is 0.496 e. The van der Waals surface area contributed by atoms with Gasteiger partial charge < -0.3 is 24.5 Å². The zero-order chi connectivity index (χ0) is 22.7. The standard InChI is InChI=1S/C24H31N3O4S/c1-15-7-9-27(10-8-15)18(21-6-5-11-32-21)14-25-24(28)17-12-16-19(29-2)13-20(30-3)23(31-4)22(16)26-17/h5-6,11-13,15,18,26H,7-10,14H2,1-4H3,(H,25,28). The maximum absolute atomic E-state index is 13.1. The molecule has 0 saturated carbocycles. The van der Waals surface area contributed by atoms with Gasteiger partial charge in [0, 0.05) is 22.9 Å². The van der Waals surface area contributed by atoms with Gasteiger partial charge in [0.2, 0.25) is 0 Å². The average molecular weight is 458 g/mol. The topological polar surface area (TPSA) is 75.8 Å². The van der Waals surface area contributed by atoms with Crippen molar-refractivity contribution < 1.29 is 19.0 Å². The third kappa shape index (κ3) is 4.42. The first-order valence-electron chi connectivity index (χ1n) is 10.9. The summed E-state index contributed by atoms with van der Waals surface area (Å²) in [6.07, 6.45) is 2.39. The highest BCUT2D eigenvalue weighted by Crippen LogP contribution is 2.41. The zero-order valence-corrected chi connectivity index (χ0v) is 19.9. The predicted octanol–water partition coefficient (Wildman–Crippen LogP) is 4.46. The lowest BCUT2D eigenvalue weighted by Crippen LogP contribution is -2.41. The molecular formula is C24H31N3O4S. The Kier molecular flexibility index (Phi) is 6.91. The second-order valence-corrected chi connectivity index (χ2v) is 9.23. The molecule has 1 saturated heterocycles. The normalized spacial score (nSPS) is 16.1. The summed E-state index contributed by atoms with van der Waals surface area (Å²) in [5, 5.41) is 6.01. The number of carbonyl (C=O) groups is 1. The van der Waals surface area contributed by atoms with Crippen molar-refractivity contribution in [3.63, 3.8) is 0 Å². The summed E-state index contributed by atoms with van der Waals surface area (Å²) < 4.78 is 16.5. The SMILES string of the molecule is COc1cc(OC)c2cc(C(=O)NCC(c3cccs3)N3CCC(C)CC3)[nH]c2c1OC. The molecule has 0 spiro atoms. The van der Waals surface area contributed by atoms with Gasteiger partial charge in [0.1, 0.15) is 11.4 Å². The van der Waals surface area contributed by atoms with Crippen LogP contribution < -0.4 is 19.5 Å². The number of benzene rings is 1. The lowest BCUT2D eigenvalue weighted by atomic mass is 9.97. The number of amides is 1. The summed E-state index contributed by atoms with van der Waals surface area (Å²) in [6.45, 7) is 4.98. The van der Waals surface area contributed by atoms with Crippen LogP contribution in [0.5, 0.6) is 17.2 Å². The van der Waals surface area contributed by atoms with Gasteiger partial charge in [-0.05, 0) is 49.4 Å². The maximum Gasteiger partial charge on any atom is 0.267 e. The molecule has 0 aliphatic carbocycles. The van der Waals surface area contributed by atoms with Crippen LogP contribution in [-0.4, -0.2) is 56.8 Å². The molecule has 8 heteroatoms. The molecule has 1 atom stereocenters. The summed E-state index contributed by atoms with van der Waals surface area (Å²) in [6, 6.07) is 7.98. The zero-order valence-electron chi connectivity index (χ0n) is 19.1. The van der Waals surface area contributed by atoms with Gasteiger partial charge in [-0.25, -0.2) is 0 Å². The first kappa shape index (κ1) is 22.5. The lowest BCUT2D eigenvalue weighted by Gasteiger charge is -2.36. The van der Waals surface area contributed by atoms with Crippen molar-refractivity contribution in [3.05, 3.63) is 40.2 Å². The summed E-state index contributed by atoms with van der Waals surface area (Å²) in [7, 11) is 4.75. The number of rotatable bonds is 8. The molecule has 1 aromatic carbocycles. The van der Waals surface area contributed by atoms with Gasteiger partial charge in [-0.1, -0.05) is 13.0 Å². The van der Waals surface area contributed by atoms with Crippen molar-refractivity contribution >= 4 is 28.1 Å². The molecule has 1 aliphatic rings. The van der Waals surface area contributed by atoms with E-state index in [1.807, 2.05) is 0 Å². The van der Waals surface area contributed by atoms with Crippen molar-refractivity contribution in [1.29, 1.82) is 0 Å². The van der Waals surface area contributed by atoms with Crippen LogP contribution in [0.15, 0.2) is 29.6 Å². The van der Waals surface area contributed by atoms with E-state index in [0.29, 0.717) is 35.0 Å². The van der Waals surface area contributed by atoms with Crippen LogP contribution in [-0.2, 0) is 0 Å². The van der Waals surface area contributed by atoms with Crippen LogP contribution >= 0.6 is 11.3 Å². The summed E-state index contributed by atoms with van der Waals surface area (Å²) >= 11 is 1.74. The minimum Gasteiger partial charge on any atom is -0.496 e. The molecule has 172 valence electrons. The van der Waals surface area contributed by atoms with Crippen LogP contribution in [0.25, 0.3) is 10.9 Å². The molecule has 2 aromatic heterocycles. The third-order valence-corrected chi connectivity index (χ3v) is 7.24. The van der Waals surface area contributed by atoms with E-state index in [1.165, 1.54) is 17.7 Å². The van der Waals surface area contributed by atoms with E-state index in [4.69, 9.17) is 14.2 Å². The average Bonchev–Trinajstić information content (AvgIpc) is 3.49. The second-order valence-electron chi connectivity index (χ2n) is 8.25. The highest BCUT2D eigenvalue weighted by atomic mass is 32.1. The summed E-state index contributed by atoms with van der Waals surface area (Å²) in [4.78, 5) is 20.1. The Labute approximate surface area is 192 Å². The van der Waals surface area contributed by atoms with E-state index in [-0.39, 0.29) is 11.9 Å². The molecule has 1 amide bonds. The second kappa shape index (κ2) is 9.83. The first-order chi connectivity index (χ1) is 15.5. The van der Waals surface area contributed by atoms with E-state index in [1.54, 1.807) is 44.8 Å². The molecule has 3 aromatic rings. The maximum atomic E-state index is 13.1. The number of hydrogen-bond acceptors (Lipinski definition) is 6. The smallest absolute Gasteiger partial charge is 0.267 e. The van der Waals surface area contributed by atoms with Crippen molar-refractivity contribution in [2.24, 2.45) is 5.92 Å². The fraction of sp³-hybridized carbons (Fsp3) is 0.458. The number of likely N-dealkylation sites (tertiary alicyclic amines) is 1. The van der Waals surface area contributed by atoms with Crippen molar-refractivity contribution in [3.8, 4) is 17.2 Å². The molecular weight excluding hydrogens is 426 g/mol. The Morgan fingerprint density at radius 3 is 2.56 bits per heavy atom. The number of aromatic nitrogens is 1. The molecule has 4 rings (SSSR count). The summed E-state index contributed by atoms with van der Waals surface area (Å²) in [5.41, 5.74) is 1.13. The molecule has 3 heterocycles. The highest BCUT2D eigenvalue weighted by molar-refractivity contribution is 7.10. The molecule has 1 aliphatic heterocycles. The monoisotopic (exact) mass is 457 g/mol. The van der Waals surface area contributed by atoms with Gasteiger partial charge in [0.05, 0.1) is 32.9 Å². The molecule has 1 fully saturated rings. The molecule has 7 nitrogen and oxygen atoms in total. The Balaban J connectivity index is 1.56. The number of piperidine rings is 1. The Bertz CT molecular complexity index is 1060. The predicted molar refractivity (Wildman–Crippen MR) is 127 cm³/mol. The van der Waals surface area contributed by atoms with Crippen molar-refractivity contribution in [2.75, 3.05) is 41.0 Å². The number of aromatic amines is 1. The van der Waals surface area contributed by atoms with Gasteiger partial charge in [0.25, 0.3) is 5.91 Å². The van der Waals surface area contributed by atoms with Gasteiger partial charge in [-0.15, -0.1) is 11.3 Å². The van der Waals surface area contributed by atoms with Crippen LogP contribution in [0.3, 0.4) is 0 Å². The van der Waals surface area contributed by atoms with E-state index in [0.717, 1.165) is 24.4 Å². The van der Waals surface area contributed by atoms with Crippen LogP contribution in [0.1, 0.15) is 41.2 Å². The molecule has 0 radical (unpaired) electrons. The number of thiophene rings is 1. The van der Waals surface area contributed by atoms with Gasteiger partial charge in [0.15, 0.2) is 11.5 Å². The number of nitrogens with one attached hydrogen (secondary N) is 2. The quantitative estimate of drug-likeness (QED) is 0.522. The first-order valence-corrected chi connectivity index (χ1v) is 11.8. The number of carbonyl (C=O) groups excluding carboxylic acids is 1. The number of nitrogens with zero attached hydrogens (tertiary/aromatic N) is 1. The van der Waals surface area contributed by atoms with Gasteiger partial charge in [-0.3, -0.25) is 9.69 Å². The minimum absolute atomic E-state index is 0.156. The number of fused-ring (bicyclic) bond motifs is 1. The molecule has 2 N–H and O–H groups in total. The number of methoxy groups -OCH3 is 3. The van der Waals surface area contributed by atoms with Crippen molar-refractivity contribution in [2.45, 2.75) is 25.8 Å². The van der Waals surface area contributed by atoms with Gasteiger partial charge in [-0.2, -0.15) is 0 Å². The minimum atomic E-state index is -0.156. The van der Waals surface area contributed by atoms with Crippen LogP contribution in [0.4, 0.5) is 0 Å². The van der Waals surface area contributed by atoms with E-state index >= 15 is 0 Å². The molecule has 0 bridgehead atoms. The Morgan fingerprint density at radius 1 is 1.19 bits per heavy atom. The third-order valence-electron chi connectivity index (χ3n) is 6.27. The summed E-state index contributed by atoms with van der Waals surface area (Å²) in [5.74, 6) is 2.31. The lowest BCUT2D eigenvalue weighted by molar-refractivity contribution is 0.0911. The number of H-pyrrole nitrogens is 1. The van der Waals surface area contributed by atoms with Crippen molar-refractivity contribution in [1.82, 2.24) is 15.2 Å². The fourth-order valence-electron chi connectivity index (χ4n) is 4.37. The highest BCUT2D eigenvalue weighted by Gasteiger charge is 2.26. The van der Waals surface area contributed by atoms with Crippen LogP contribution in [0, 0.1) is 5.92 Å². The fourth-order valence-corrected chi connectivity index (χ4v) is 5.24.